The lowest BCUT2D eigenvalue weighted by Gasteiger charge is -2.23. The molecular weight excluding hydrogens is 291 g/mol. The number of hydrogen-bond donors (Lipinski definition) is 1. The van der Waals surface area contributed by atoms with Crippen LogP contribution >= 0.6 is 35.0 Å². The minimum Gasteiger partial charge on any atom is -0.510 e. The maximum absolute atomic E-state index is 11.6. The number of carbonyl (C=O) groups excluding carboxylic acids is 1. The Morgan fingerprint density at radius 1 is 1.33 bits per heavy atom. The van der Waals surface area contributed by atoms with Gasteiger partial charge in [-0.1, -0.05) is 41.0 Å². The fourth-order valence-corrected chi connectivity index (χ4v) is 3.64. The molecule has 1 aliphatic heterocycles. The van der Waals surface area contributed by atoms with E-state index >= 15 is 0 Å². The van der Waals surface area contributed by atoms with Crippen molar-refractivity contribution in [1.82, 2.24) is 0 Å². The summed E-state index contributed by atoms with van der Waals surface area (Å²) in [6.45, 7) is 3.45. The number of aliphatic hydroxyl groups excluding tert-OH is 1. The third kappa shape index (κ3) is 2.27. The van der Waals surface area contributed by atoms with Crippen molar-refractivity contribution >= 4 is 40.1 Å². The summed E-state index contributed by atoms with van der Waals surface area (Å²) >= 11 is 13.3. The lowest BCUT2D eigenvalue weighted by Crippen LogP contribution is -2.24. The average molecular weight is 303 g/mol. The maximum Gasteiger partial charge on any atom is 0.219 e. The zero-order valence-electron chi connectivity index (χ0n) is 9.96. The molecule has 0 amide bonds. The quantitative estimate of drug-likeness (QED) is 0.880. The number of rotatable bonds is 2. The van der Waals surface area contributed by atoms with Crippen LogP contribution < -0.4 is 0 Å². The van der Waals surface area contributed by atoms with Crippen molar-refractivity contribution in [2.75, 3.05) is 0 Å². The number of benzene rings is 1. The highest BCUT2D eigenvalue weighted by Crippen LogP contribution is 2.45. The van der Waals surface area contributed by atoms with Crippen LogP contribution in [0.4, 0.5) is 0 Å². The fourth-order valence-electron chi connectivity index (χ4n) is 1.98. The van der Waals surface area contributed by atoms with E-state index in [-0.39, 0.29) is 10.9 Å². The molecule has 5 heteroatoms. The predicted molar refractivity (Wildman–Crippen MR) is 76.5 cm³/mol. The van der Waals surface area contributed by atoms with Crippen LogP contribution in [0.25, 0.3) is 0 Å². The van der Waals surface area contributed by atoms with Crippen molar-refractivity contribution in [1.29, 1.82) is 0 Å². The number of hydrogen-bond acceptors (Lipinski definition) is 3. The van der Waals surface area contributed by atoms with Gasteiger partial charge >= 0.3 is 0 Å². The highest BCUT2D eigenvalue weighted by Gasteiger charge is 2.42. The molecule has 1 aliphatic rings. The summed E-state index contributed by atoms with van der Waals surface area (Å²) in [7, 11) is 0. The normalized spacial score (nSPS) is 23.9. The van der Waals surface area contributed by atoms with Gasteiger partial charge in [-0.25, -0.2) is 0 Å². The maximum atomic E-state index is 11.6. The van der Waals surface area contributed by atoms with Crippen molar-refractivity contribution < 1.29 is 9.90 Å². The van der Waals surface area contributed by atoms with Gasteiger partial charge in [0.15, 0.2) is 0 Å². The Morgan fingerprint density at radius 2 is 1.89 bits per heavy atom. The van der Waals surface area contributed by atoms with Gasteiger partial charge in [-0.3, -0.25) is 4.79 Å². The summed E-state index contributed by atoms with van der Waals surface area (Å²) in [4.78, 5) is 11.6. The molecule has 1 N–H and O–H groups in total. The van der Waals surface area contributed by atoms with E-state index < -0.39 is 4.75 Å². The van der Waals surface area contributed by atoms with E-state index in [1.165, 1.54) is 0 Å². The van der Waals surface area contributed by atoms with E-state index in [2.05, 4.69) is 0 Å². The van der Waals surface area contributed by atoms with E-state index in [1.807, 2.05) is 6.92 Å². The van der Waals surface area contributed by atoms with Crippen molar-refractivity contribution in [2.24, 2.45) is 0 Å². The molecule has 0 bridgehead atoms. The Morgan fingerprint density at radius 3 is 2.33 bits per heavy atom. The van der Waals surface area contributed by atoms with E-state index in [4.69, 9.17) is 23.2 Å². The molecule has 0 saturated carbocycles. The average Bonchev–Trinajstić information content (AvgIpc) is 2.49. The van der Waals surface area contributed by atoms with E-state index in [0.717, 1.165) is 17.3 Å². The van der Waals surface area contributed by atoms with Crippen LogP contribution in [0.5, 0.6) is 0 Å². The van der Waals surface area contributed by atoms with Crippen LogP contribution in [0.2, 0.25) is 10.0 Å². The van der Waals surface area contributed by atoms with Crippen LogP contribution in [0.1, 0.15) is 19.4 Å². The highest BCUT2D eigenvalue weighted by atomic mass is 35.5. The van der Waals surface area contributed by atoms with Gasteiger partial charge in [0.05, 0.1) is 4.75 Å². The molecule has 96 valence electrons. The molecule has 1 heterocycles. The molecule has 1 unspecified atom stereocenters. The topological polar surface area (TPSA) is 37.3 Å². The first kappa shape index (κ1) is 13.8. The Hall–Kier alpha value is -0.640. The second-order valence-electron chi connectivity index (χ2n) is 4.47. The molecule has 18 heavy (non-hydrogen) atoms. The number of carbonyl (C=O) groups is 1. The molecule has 0 spiro atoms. The largest absolute Gasteiger partial charge is 0.510 e. The monoisotopic (exact) mass is 302 g/mol. The number of thioether (sulfide) groups is 1. The summed E-state index contributed by atoms with van der Waals surface area (Å²) in [6.07, 6.45) is 0.422. The van der Waals surface area contributed by atoms with Crippen molar-refractivity contribution in [3.8, 4) is 0 Å². The van der Waals surface area contributed by atoms with Gasteiger partial charge in [-0.15, -0.1) is 0 Å². The summed E-state index contributed by atoms with van der Waals surface area (Å²) < 4.78 is -0.685. The summed E-state index contributed by atoms with van der Waals surface area (Å²) in [5.41, 5.74) is 1.16. The number of halogens is 2. The first-order valence-corrected chi connectivity index (χ1v) is 6.99. The Labute approximate surface area is 120 Å². The van der Waals surface area contributed by atoms with Crippen LogP contribution in [-0.4, -0.2) is 15.0 Å². The van der Waals surface area contributed by atoms with Gasteiger partial charge in [0.1, 0.15) is 5.76 Å². The summed E-state index contributed by atoms with van der Waals surface area (Å²) in [5.74, 6) is 0.119. The molecule has 2 nitrogen and oxygen atoms in total. The molecule has 0 aromatic heterocycles. The molecule has 0 fully saturated rings. The van der Waals surface area contributed by atoms with Crippen LogP contribution in [-0.2, 0) is 11.2 Å². The van der Waals surface area contributed by atoms with E-state index in [9.17, 15) is 9.90 Å². The predicted octanol–water partition coefficient (Wildman–Crippen LogP) is 4.40. The molecular formula is C13H12Cl2O2S. The molecule has 1 aromatic rings. The van der Waals surface area contributed by atoms with Crippen molar-refractivity contribution in [3.05, 3.63) is 45.1 Å². The second kappa shape index (κ2) is 4.80. The summed E-state index contributed by atoms with van der Waals surface area (Å²) in [6, 6.07) is 5.27. The lowest BCUT2D eigenvalue weighted by atomic mass is 9.96. The van der Waals surface area contributed by atoms with Crippen molar-refractivity contribution in [2.45, 2.75) is 25.0 Å². The number of aliphatic hydroxyl groups is 1. The van der Waals surface area contributed by atoms with Gasteiger partial charge in [0, 0.05) is 15.6 Å². The van der Waals surface area contributed by atoms with Crippen LogP contribution in [0.3, 0.4) is 0 Å². The zero-order chi connectivity index (χ0) is 13.5. The Balaban J connectivity index is 2.39. The molecule has 2 rings (SSSR count). The van der Waals surface area contributed by atoms with Gasteiger partial charge in [-0.05, 0) is 38.0 Å². The smallest absolute Gasteiger partial charge is 0.219 e. The molecule has 0 aliphatic carbocycles. The SMILES string of the molecule is CC1=C(O)C(C)(Cc2c(Cl)cccc2Cl)SC1=O. The Bertz CT molecular complexity index is 534. The van der Waals surface area contributed by atoms with E-state index in [1.54, 1.807) is 25.1 Å². The molecule has 1 aromatic carbocycles. The van der Waals surface area contributed by atoms with Gasteiger partial charge in [0.25, 0.3) is 0 Å². The van der Waals surface area contributed by atoms with Crippen LogP contribution in [0.15, 0.2) is 29.5 Å². The van der Waals surface area contributed by atoms with Crippen LogP contribution in [0, 0.1) is 0 Å². The molecule has 0 saturated heterocycles. The third-order valence-electron chi connectivity index (χ3n) is 3.06. The third-order valence-corrected chi connectivity index (χ3v) is 5.04. The first-order valence-electron chi connectivity index (χ1n) is 5.42. The lowest BCUT2D eigenvalue weighted by molar-refractivity contribution is -0.107. The van der Waals surface area contributed by atoms with Gasteiger partial charge < -0.3 is 5.11 Å². The van der Waals surface area contributed by atoms with Gasteiger partial charge in [-0.2, -0.15) is 0 Å². The first-order chi connectivity index (χ1) is 8.35. The second-order valence-corrected chi connectivity index (χ2v) is 6.76. The fraction of sp³-hybridized carbons (Fsp3) is 0.308. The zero-order valence-corrected chi connectivity index (χ0v) is 12.3. The highest BCUT2D eigenvalue weighted by molar-refractivity contribution is 8.15. The van der Waals surface area contributed by atoms with Crippen molar-refractivity contribution in [3.63, 3.8) is 0 Å². The molecule has 0 radical (unpaired) electrons. The summed E-state index contributed by atoms with van der Waals surface area (Å²) in [5, 5.41) is 11.1. The Kier molecular flexibility index (Phi) is 3.67. The van der Waals surface area contributed by atoms with E-state index in [0.29, 0.717) is 22.0 Å². The van der Waals surface area contributed by atoms with Gasteiger partial charge in [0.2, 0.25) is 5.12 Å². The minimum atomic E-state index is -0.685. The minimum absolute atomic E-state index is 0.0989. The standard InChI is InChI=1S/C13H12Cl2O2S/c1-7-11(16)13(2,18-12(7)17)6-8-9(14)4-3-5-10(8)15/h3-5,16H,6H2,1-2H3. The molecule has 1 atom stereocenters.